The summed E-state index contributed by atoms with van der Waals surface area (Å²) in [5, 5.41) is 17.4. The summed E-state index contributed by atoms with van der Waals surface area (Å²) in [5.74, 6) is -0.297. The molecule has 0 spiro atoms. The van der Waals surface area contributed by atoms with E-state index in [1.165, 1.54) is 12.3 Å². The van der Waals surface area contributed by atoms with Crippen molar-refractivity contribution >= 4 is 11.9 Å². The summed E-state index contributed by atoms with van der Waals surface area (Å²) in [6.07, 6.45) is 2.48. The second kappa shape index (κ2) is 11.8. The van der Waals surface area contributed by atoms with Crippen molar-refractivity contribution in [1.29, 1.82) is 5.41 Å². The quantitative estimate of drug-likeness (QED) is 0.470. The summed E-state index contributed by atoms with van der Waals surface area (Å²) >= 11 is 0. The molecule has 5 nitrogen and oxygen atoms in total. The van der Waals surface area contributed by atoms with Crippen LogP contribution in [-0.4, -0.2) is 42.3 Å². The summed E-state index contributed by atoms with van der Waals surface area (Å²) in [6.45, 7) is 8.83. The van der Waals surface area contributed by atoms with E-state index in [2.05, 4.69) is 18.8 Å². The lowest BCUT2D eigenvalue weighted by atomic mass is 9.75. The Hall–Kier alpha value is -1.70. The number of halogens is 2. The van der Waals surface area contributed by atoms with Gasteiger partial charge in [0.25, 0.3) is 0 Å². The molecule has 4 N–H and O–H groups in total. The molecule has 1 aromatic rings. The monoisotopic (exact) mass is 437 g/mol. The average molecular weight is 438 g/mol. The Labute approximate surface area is 184 Å². The van der Waals surface area contributed by atoms with E-state index in [0.717, 1.165) is 30.7 Å². The Bertz CT molecular complexity index is 756. The average Bonchev–Trinajstić information content (AvgIpc) is 2.74. The van der Waals surface area contributed by atoms with Crippen molar-refractivity contribution in [3.8, 4) is 0 Å². The molecule has 7 heteroatoms. The van der Waals surface area contributed by atoms with Gasteiger partial charge in [-0.1, -0.05) is 20.8 Å². The first kappa shape index (κ1) is 25.6. The highest BCUT2D eigenvalue weighted by Gasteiger charge is 2.36. The number of hydrogen-bond donors (Lipinski definition) is 3. The van der Waals surface area contributed by atoms with Gasteiger partial charge in [-0.2, -0.15) is 0 Å². The number of aliphatic hydroxyl groups excluding tert-OH is 1. The van der Waals surface area contributed by atoms with Crippen LogP contribution in [0.1, 0.15) is 58.6 Å². The molecule has 0 bridgehead atoms. The highest BCUT2D eigenvalue weighted by molar-refractivity contribution is 5.97. The van der Waals surface area contributed by atoms with Gasteiger partial charge in [-0.3, -0.25) is 4.99 Å². The molecule has 174 valence electrons. The number of nitrogens with two attached hydrogens (primary N) is 1. The lowest BCUT2D eigenvalue weighted by Crippen LogP contribution is -2.42. The van der Waals surface area contributed by atoms with Crippen LogP contribution in [0.15, 0.2) is 23.2 Å². The normalized spacial score (nSPS) is 26.2. The first-order valence-electron chi connectivity index (χ1n) is 11.2. The zero-order valence-electron chi connectivity index (χ0n) is 19.0. The van der Waals surface area contributed by atoms with E-state index in [0.29, 0.717) is 19.6 Å². The minimum Gasteiger partial charge on any atom is -0.391 e. The molecule has 1 aromatic carbocycles. The van der Waals surface area contributed by atoms with Crippen LogP contribution in [-0.2, 0) is 4.74 Å². The third-order valence-electron chi connectivity index (χ3n) is 6.54. The van der Waals surface area contributed by atoms with Gasteiger partial charge in [0, 0.05) is 29.4 Å². The molecule has 1 saturated heterocycles. The Kier molecular flexibility index (Phi) is 9.72. The Morgan fingerprint density at radius 2 is 2.06 bits per heavy atom. The molecule has 1 fully saturated rings. The number of benzene rings is 1. The van der Waals surface area contributed by atoms with Gasteiger partial charge in [0.15, 0.2) is 0 Å². The summed E-state index contributed by atoms with van der Waals surface area (Å²) < 4.78 is 33.7. The van der Waals surface area contributed by atoms with Gasteiger partial charge in [-0.05, 0) is 62.1 Å². The number of nitrogens with one attached hydrogen (secondary N) is 1. The van der Waals surface area contributed by atoms with Gasteiger partial charge >= 0.3 is 0 Å². The first-order valence-corrected chi connectivity index (χ1v) is 11.2. The van der Waals surface area contributed by atoms with E-state index in [1.807, 2.05) is 6.92 Å². The zero-order valence-corrected chi connectivity index (χ0v) is 19.0. The summed E-state index contributed by atoms with van der Waals surface area (Å²) in [6, 6.07) is 2.95. The van der Waals surface area contributed by atoms with Crippen LogP contribution in [0.25, 0.3) is 0 Å². The zero-order chi connectivity index (χ0) is 23.1. The van der Waals surface area contributed by atoms with E-state index < -0.39 is 29.9 Å². The van der Waals surface area contributed by atoms with Gasteiger partial charge in [-0.25, -0.2) is 8.78 Å². The van der Waals surface area contributed by atoms with Crippen molar-refractivity contribution in [3.05, 3.63) is 35.4 Å². The summed E-state index contributed by atoms with van der Waals surface area (Å²) in [5.41, 5.74) is 7.45. The Morgan fingerprint density at radius 3 is 2.65 bits per heavy atom. The summed E-state index contributed by atoms with van der Waals surface area (Å²) in [4.78, 5) is 4.51. The molecule has 1 heterocycles. The smallest absolute Gasteiger partial charge is 0.129 e. The maximum atomic E-state index is 14.2. The molecule has 0 aliphatic carbocycles. The number of aliphatic imine (C=N–C) groups is 1. The molecule has 0 saturated carbocycles. The Morgan fingerprint density at radius 1 is 1.35 bits per heavy atom. The van der Waals surface area contributed by atoms with Crippen LogP contribution in [0.3, 0.4) is 0 Å². The number of rotatable bonds is 10. The van der Waals surface area contributed by atoms with Crippen molar-refractivity contribution in [2.45, 2.75) is 65.2 Å². The second-order valence-electron chi connectivity index (χ2n) is 8.96. The molecule has 0 radical (unpaired) electrons. The number of hydrogen-bond acceptors (Lipinski definition) is 5. The van der Waals surface area contributed by atoms with Gasteiger partial charge in [-0.15, -0.1) is 0 Å². The first-order chi connectivity index (χ1) is 14.7. The third kappa shape index (κ3) is 6.89. The van der Waals surface area contributed by atoms with E-state index in [4.69, 9.17) is 15.9 Å². The van der Waals surface area contributed by atoms with Crippen LogP contribution in [0, 0.1) is 40.7 Å². The lowest BCUT2D eigenvalue weighted by molar-refractivity contribution is -0.0530. The largest absolute Gasteiger partial charge is 0.391 e. The maximum absolute atomic E-state index is 14.2. The topological polar surface area (TPSA) is 91.7 Å². The van der Waals surface area contributed by atoms with Gasteiger partial charge in [0.2, 0.25) is 0 Å². The van der Waals surface area contributed by atoms with Gasteiger partial charge in [0.1, 0.15) is 17.7 Å². The van der Waals surface area contributed by atoms with Crippen molar-refractivity contribution in [2.75, 3.05) is 13.2 Å². The fourth-order valence-corrected chi connectivity index (χ4v) is 4.43. The molecule has 31 heavy (non-hydrogen) atoms. The molecule has 1 aliphatic rings. The molecular weight excluding hydrogens is 400 g/mol. The molecule has 0 aromatic heterocycles. The minimum atomic E-state index is -0.650. The molecule has 0 amide bonds. The van der Waals surface area contributed by atoms with Gasteiger partial charge < -0.3 is 21.0 Å². The maximum Gasteiger partial charge on any atom is 0.129 e. The van der Waals surface area contributed by atoms with Crippen LogP contribution in [0.5, 0.6) is 0 Å². The lowest BCUT2D eigenvalue weighted by Gasteiger charge is -2.39. The second-order valence-corrected chi connectivity index (χ2v) is 8.96. The molecule has 7 atom stereocenters. The van der Waals surface area contributed by atoms with E-state index in [1.54, 1.807) is 6.92 Å². The van der Waals surface area contributed by atoms with Crippen molar-refractivity contribution < 1.29 is 18.6 Å². The van der Waals surface area contributed by atoms with Crippen LogP contribution in [0.2, 0.25) is 0 Å². The Balaban J connectivity index is 2.01. The fourth-order valence-electron chi connectivity index (χ4n) is 4.43. The predicted molar refractivity (Wildman–Crippen MR) is 121 cm³/mol. The van der Waals surface area contributed by atoms with Gasteiger partial charge in [0.05, 0.1) is 19.3 Å². The third-order valence-corrected chi connectivity index (χ3v) is 6.54. The predicted octanol–water partition coefficient (Wildman–Crippen LogP) is 4.53. The fraction of sp³-hybridized carbons (Fsp3) is 0.667. The van der Waals surface area contributed by atoms with Crippen LogP contribution in [0.4, 0.5) is 8.78 Å². The number of ether oxygens (including phenoxy) is 1. The van der Waals surface area contributed by atoms with E-state index in [-0.39, 0.29) is 29.2 Å². The standard InChI is InChI=1S/C24H37F2N3O2/c1-5-23(29-12-15(3)30)17(11-27)8-14(2)16(4)18-9-22(28)24(31-13-18)20-10-19(25)6-7-21(20)26/h6-7,10-11,14-18,22,24,27,30H,5,8-9,12-13,28H2,1-4H3. The van der Waals surface area contributed by atoms with Crippen molar-refractivity contribution in [1.82, 2.24) is 0 Å². The molecular formula is C24H37F2N3O2. The van der Waals surface area contributed by atoms with Crippen LogP contribution >= 0.6 is 0 Å². The van der Waals surface area contributed by atoms with Crippen molar-refractivity contribution in [3.63, 3.8) is 0 Å². The van der Waals surface area contributed by atoms with E-state index >= 15 is 0 Å². The summed E-state index contributed by atoms with van der Waals surface area (Å²) in [7, 11) is 0. The van der Waals surface area contributed by atoms with Crippen molar-refractivity contribution in [2.24, 2.45) is 34.4 Å². The molecule has 7 unspecified atom stereocenters. The van der Waals surface area contributed by atoms with E-state index in [9.17, 15) is 13.9 Å². The van der Waals surface area contributed by atoms with Crippen LogP contribution < -0.4 is 5.73 Å². The SMILES string of the molecule is CCC(=NCC(C)O)C(C=N)CC(C)C(C)C1COC(c2cc(F)ccc2F)C(N)C1. The molecule has 1 aliphatic heterocycles. The highest BCUT2D eigenvalue weighted by atomic mass is 19.1. The molecule has 2 rings (SSSR count). The number of nitrogens with zero attached hydrogens (tertiary/aromatic N) is 1. The number of aliphatic hydroxyl groups is 1. The highest BCUT2D eigenvalue weighted by Crippen LogP contribution is 2.37. The minimum absolute atomic E-state index is 0.0616.